The molecule has 1 atom stereocenters. The molecule has 1 aromatic carbocycles. The van der Waals surface area contributed by atoms with Crippen LogP contribution in [0.2, 0.25) is 0 Å². The quantitative estimate of drug-likeness (QED) is 0.793. The minimum atomic E-state index is -0.403. The average Bonchev–Trinajstić information content (AvgIpc) is 2.78. The van der Waals surface area contributed by atoms with E-state index in [0.717, 1.165) is 23.2 Å². The summed E-state index contributed by atoms with van der Waals surface area (Å²) in [4.78, 5) is 11.3. The molecule has 5 heteroatoms. The van der Waals surface area contributed by atoms with Gasteiger partial charge in [-0.3, -0.25) is 4.79 Å². The molecule has 1 unspecified atom stereocenters. The van der Waals surface area contributed by atoms with Gasteiger partial charge in [0.15, 0.2) is 0 Å². The summed E-state index contributed by atoms with van der Waals surface area (Å²) in [6.45, 7) is 1.89. The minimum Gasteiger partial charge on any atom is -0.383 e. The van der Waals surface area contributed by atoms with Crippen molar-refractivity contribution >= 4 is 27.5 Å². The first-order valence-electron chi connectivity index (χ1n) is 5.73. The van der Waals surface area contributed by atoms with Crippen molar-refractivity contribution in [3.63, 3.8) is 0 Å². The Morgan fingerprint density at radius 3 is 3.06 bits per heavy atom. The van der Waals surface area contributed by atoms with Gasteiger partial charge in [-0.2, -0.15) is 0 Å². The number of amides is 1. The first-order chi connectivity index (χ1) is 8.16. The second-order valence-electron chi connectivity index (χ2n) is 4.23. The predicted molar refractivity (Wildman–Crippen MR) is 72.2 cm³/mol. The Bertz CT molecular complexity index is 416. The van der Waals surface area contributed by atoms with E-state index in [-0.39, 0.29) is 0 Å². The topological polar surface area (TPSA) is 67.2 Å². The fourth-order valence-corrected chi connectivity index (χ4v) is 2.40. The number of rotatable bonds is 4. The minimum absolute atomic E-state index is 0.403. The zero-order valence-electron chi connectivity index (χ0n) is 9.50. The van der Waals surface area contributed by atoms with Crippen molar-refractivity contribution in [1.29, 1.82) is 0 Å². The van der Waals surface area contributed by atoms with Crippen LogP contribution in [0.5, 0.6) is 0 Å². The van der Waals surface area contributed by atoms with Crippen LogP contribution in [0.4, 0.5) is 5.69 Å². The lowest BCUT2D eigenvalue weighted by Gasteiger charge is -2.14. The molecule has 1 aliphatic heterocycles. The van der Waals surface area contributed by atoms with Crippen LogP contribution in [0, 0.1) is 0 Å². The van der Waals surface area contributed by atoms with Gasteiger partial charge in [0.1, 0.15) is 0 Å². The molecule has 2 rings (SSSR count). The molecular formula is C12H16BrN3O. The molecular weight excluding hydrogens is 282 g/mol. The van der Waals surface area contributed by atoms with Gasteiger partial charge in [-0.25, -0.2) is 0 Å². The summed E-state index contributed by atoms with van der Waals surface area (Å²) >= 11 is 3.39. The van der Waals surface area contributed by atoms with Crippen molar-refractivity contribution in [3.8, 4) is 0 Å². The van der Waals surface area contributed by atoms with Crippen molar-refractivity contribution < 1.29 is 4.79 Å². The van der Waals surface area contributed by atoms with E-state index >= 15 is 0 Å². The van der Waals surface area contributed by atoms with Gasteiger partial charge in [-0.15, -0.1) is 0 Å². The summed E-state index contributed by atoms with van der Waals surface area (Å²) < 4.78 is 0.935. The van der Waals surface area contributed by atoms with E-state index in [1.165, 1.54) is 12.8 Å². The monoisotopic (exact) mass is 297 g/mol. The molecule has 1 fully saturated rings. The van der Waals surface area contributed by atoms with Gasteiger partial charge in [-0.1, -0.05) is 15.9 Å². The molecule has 0 aliphatic carbocycles. The maximum atomic E-state index is 11.3. The van der Waals surface area contributed by atoms with Gasteiger partial charge >= 0.3 is 0 Å². The van der Waals surface area contributed by atoms with E-state index in [1.807, 2.05) is 12.1 Å². The Balaban J connectivity index is 2.07. The van der Waals surface area contributed by atoms with E-state index in [9.17, 15) is 4.79 Å². The largest absolute Gasteiger partial charge is 0.383 e. The highest BCUT2D eigenvalue weighted by Gasteiger charge is 2.15. The van der Waals surface area contributed by atoms with Crippen molar-refractivity contribution in [1.82, 2.24) is 5.32 Å². The van der Waals surface area contributed by atoms with E-state index in [1.54, 1.807) is 6.07 Å². The number of nitrogens with two attached hydrogens (primary N) is 1. The van der Waals surface area contributed by atoms with Crippen LogP contribution in [-0.4, -0.2) is 25.0 Å². The van der Waals surface area contributed by atoms with Gasteiger partial charge in [-0.05, 0) is 37.6 Å². The standard InChI is InChI=1S/C12H16BrN3O/c13-8-3-4-10(12(14)17)11(6-8)16-7-9-2-1-5-15-9/h3-4,6,9,15-16H,1-2,5,7H2,(H2,14,17). The Hall–Kier alpha value is -1.07. The van der Waals surface area contributed by atoms with Crippen LogP contribution < -0.4 is 16.4 Å². The van der Waals surface area contributed by atoms with Crippen molar-refractivity contribution in [2.45, 2.75) is 18.9 Å². The van der Waals surface area contributed by atoms with E-state index in [4.69, 9.17) is 5.73 Å². The first kappa shape index (κ1) is 12.4. The number of nitrogens with one attached hydrogen (secondary N) is 2. The molecule has 0 bridgehead atoms. The molecule has 0 radical (unpaired) electrons. The molecule has 4 nitrogen and oxygen atoms in total. The molecule has 4 N–H and O–H groups in total. The fraction of sp³-hybridized carbons (Fsp3) is 0.417. The molecule has 1 heterocycles. The van der Waals surface area contributed by atoms with Crippen molar-refractivity contribution in [3.05, 3.63) is 28.2 Å². The third-order valence-electron chi connectivity index (χ3n) is 2.95. The second kappa shape index (κ2) is 5.51. The van der Waals surface area contributed by atoms with Crippen molar-refractivity contribution in [2.24, 2.45) is 5.73 Å². The maximum Gasteiger partial charge on any atom is 0.250 e. The highest BCUT2D eigenvalue weighted by atomic mass is 79.9. The predicted octanol–water partition coefficient (Wildman–Crippen LogP) is 1.71. The summed E-state index contributed by atoms with van der Waals surface area (Å²) in [5.41, 5.74) is 6.66. The maximum absolute atomic E-state index is 11.3. The Morgan fingerprint density at radius 1 is 1.59 bits per heavy atom. The highest BCUT2D eigenvalue weighted by Crippen LogP contribution is 2.21. The fourth-order valence-electron chi connectivity index (χ4n) is 2.04. The number of halogens is 1. The zero-order chi connectivity index (χ0) is 12.3. The Labute approximate surface area is 109 Å². The molecule has 0 saturated carbocycles. The first-order valence-corrected chi connectivity index (χ1v) is 6.53. The molecule has 92 valence electrons. The Kier molecular flexibility index (Phi) is 4.02. The number of benzene rings is 1. The molecule has 0 aromatic heterocycles. The average molecular weight is 298 g/mol. The van der Waals surface area contributed by atoms with Crippen molar-refractivity contribution in [2.75, 3.05) is 18.4 Å². The van der Waals surface area contributed by atoms with Crippen LogP contribution in [0.3, 0.4) is 0 Å². The lowest BCUT2D eigenvalue weighted by atomic mass is 10.1. The number of hydrogen-bond donors (Lipinski definition) is 3. The van der Waals surface area contributed by atoms with Crippen LogP contribution in [0.15, 0.2) is 22.7 Å². The summed E-state index contributed by atoms with van der Waals surface area (Å²) in [6, 6.07) is 5.92. The summed E-state index contributed by atoms with van der Waals surface area (Å²) in [6.07, 6.45) is 2.39. The normalized spacial score (nSPS) is 19.2. The van der Waals surface area contributed by atoms with Crippen LogP contribution >= 0.6 is 15.9 Å². The van der Waals surface area contributed by atoms with E-state index < -0.39 is 5.91 Å². The summed E-state index contributed by atoms with van der Waals surface area (Å²) in [5.74, 6) is -0.403. The second-order valence-corrected chi connectivity index (χ2v) is 5.14. The Morgan fingerprint density at radius 2 is 2.41 bits per heavy atom. The van der Waals surface area contributed by atoms with Crippen LogP contribution in [0.1, 0.15) is 23.2 Å². The van der Waals surface area contributed by atoms with E-state index in [0.29, 0.717) is 11.6 Å². The smallest absolute Gasteiger partial charge is 0.250 e. The third-order valence-corrected chi connectivity index (χ3v) is 3.44. The SMILES string of the molecule is NC(=O)c1ccc(Br)cc1NCC1CCCN1. The molecule has 1 amide bonds. The van der Waals surface area contributed by atoms with E-state index in [2.05, 4.69) is 26.6 Å². The van der Waals surface area contributed by atoms with Gasteiger partial charge in [0, 0.05) is 22.7 Å². The number of primary amides is 1. The van der Waals surface area contributed by atoms with Crippen LogP contribution in [0.25, 0.3) is 0 Å². The summed E-state index contributed by atoms with van der Waals surface area (Å²) in [5, 5.41) is 6.68. The number of carbonyl (C=O) groups is 1. The van der Waals surface area contributed by atoms with Gasteiger partial charge in [0.2, 0.25) is 0 Å². The molecule has 1 aromatic rings. The third kappa shape index (κ3) is 3.20. The van der Waals surface area contributed by atoms with Gasteiger partial charge in [0.05, 0.1) is 5.56 Å². The van der Waals surface area contributed by atoms with Gasteiger partial charge in [0.25, 0.3) is 5.91 Å². The lowest BCUT2D eigenvalue weighted by molar-refractivity contribution is 0.100. The molecule has 0 spiro atoms. The summed E-state index contributed by atoms with van der Waals surface area (Å²) in [7, 11) is 0. The van der Waals surface area contributed by atoms with Gasteiger partial charge < -0.3 is 16.4 Å². The molecule has 1 aliphatic rings. The number of hydrogen-bond acceptors (Lipinski definition) is 3. The number of anilines is 1. The zero-order valence-corrected chi connectivity index (χ0v) is 11.1. The highest BCUT2D eigenvalue weighted by molar-refractivity contribution is 9.10. The molecule has 17 heavy (non-hydrogen) atoms. The lowest BCUT2D eigenvalue weighted by Crippen LogP contribution is -2.30. The van der Waals surface area contributed by atoms with Crippen LogP contribution in [-0.2, 0) is 0 Å². The molecule has 1 saturated heterocycles. The number of carbonyl (C=O) groups excluding carboxylic acids is 1.